The molecule has 0 radical (unpaired) electrons. The van der Waals surface area contributed by atoms with Crippen LogP contribution < -0.4 is 12.4 Å². The number of aromatic nitrogens is 2. The Hall–Kier alpha value is -2.40. The minimum atomic E-state index is 0. The number of hydrogen-bond donors (Lipinski definition) is 0. The maximum Gasteiger partial charge on any atom is 0.145 e. The van der Waals surface area contributed by atoms with Crippen LogP contribution in [0.3, 0.4) is 0 Å². The van der Waals surface area contributed by atoms with Crippen LogP contribution in [0, 0.1) is 0 Å². The van der Waals surface area contributed by atoms with Crippen LogP contribution in [-0.2, 0) is 11.3 Å². The van der Waals surface area contributed by atoms with Gasteiger partial charge < -0.3 is 21.5 Å². The fourth-order valence-electron chi connectivity index (χ4n) is 3.77. The molecule has 4 nitrogen and oxygen atoms in total. The molecular formula is C22H21ClN3O-. The molecule has 0 saturated carbocycles. The SMILES string of the molecule is [Cl-].c1ccc(-c2nc3c4ccccc4ccn3c2CN2CCOCC2)cc1. The maximum atomic E-state index is 5.51. The number of pyridine rings is 1. The molecule has 138 valence electrons. The zero-order chi connectivity index (χ0) is 17.3. The normalized spacial score (nSPS) is 15.1. The van der Waals surface area contributed by atoms with Gasteiger partial charge >= 0.3 is 0 Å². The molecule has 5 rings (SSSR count). The molecule has 4 aromatic rings. The highest BCUT2D eigenvalue weighted by atomic mass is 35.5. The van der Waals surface area contributed by atoms with Gasteiger partial charge in [-0.15, -0.1) is 0 Å². The molecule has 3 heterocycles. The number of nitrogens with zero attached hydrogens (tertiary/aromatic N) is 3. The van der Waals surface area contributed by atoms with E-state index >= 15 is 0 Å². The summed E-state index contributed by atoms with van der Waals surface area (Å²) in [7, 11) is 0. The van der Waals surface area contributed by atoms with Gasteiger partial charge in [0, 0.05) is 36.8 Å². The summed E-state index contributed by atoms with van der Waals surface area (Å²) in [6.07, 6.45) is 2.16. The van der Waals surface area contributed by atoms with Gasteiger partial charge in [0.05, 0.1) is 24.6 Å². The summed E-state index contributed by atoms with van der Waals surface area (Å²) in [5.74, 6) is 0. The molecular weight excluding hydrogens is 358 g/mol. The average Bonchev–Trinajstić information content (AvgIpc) is 3.08. The molecule has 0 atom stereocenters. The number of rotatable bonds is 3. The van der Waals surface area contributed by atoms with Crippen LogP contribution in [0.1, 0.15) is 5.69 Å². The third-order valence-corrected chi connectivity index (χ3v) is 5.14. The van der Waals surface area contributed by atoms with E-state index in [9.17, 15) is 0 Å². The highest BCUT2D eigenvalue weighted by Gasteiger charge is 2.19. The number of imidazole rings is 1. The van der Waals surface area contributed by atoms with Gasteiger partial charge in [-0.3, -0.25) is 4.90 Å². The zero-order valence-corrected chi connectivity index (χ0v) is 15.8. The molecule has 1 aliphatic heterocycles. The van der Waals surface area contributed by atoms with Crippen LogP contribution in [0.15, 0.2) is 66.9 Å². The van der Waals surface area contributed by atoms with Crippen LogP contribution in [0.4, 0.5) is 0 Å². The van der Waals surface area contributed by atoms with Crippen molar-refractivity contribution in [1.82, 2.24) is 14.3 Å². The summed E-state index contributed by atoms with van der Waals surface area (Å²) in [5.41, 5.74) is 4.53. The molecule has 27 heavy (non-hydrogen) atoms. The van der Waals surface area contributed by atoms with Crippen molar-refractivity contribution in [3.05, 3.63) is 72.6 Å². The van der Waals surface area contributed by atoms with Crippen molar-refractivity contribution in [2.75, 3.05) is 26.3 Å². The van der Waals surface area contributed by atoms with Crippen molar-refractivity contribution in [3.8, 4) is 11.3 Å². The molecule has 0 aliphatic carbocycles. The monoisotopic (exact) mass is 378 g/mol. The molecule has 0 spiro atoms. The van der Waals surface area contributed by atoms with Crippen molar-refractivity contribution < 1.29 is 17.1 Å². The summed E-state index contributed by atoms with van der Waals surface area (Å²) >= 11 is 0. The predicted octanol–water partition coefficient (Wildman–Crippen LogP) is 0.991. The van der Waals surface area contributed by atoms with E-state index in [4.69, 9.17) is 9.72 Å². The van der Waals surface area contributed by atoms with Gasteiger partial charge in [0.2, 0.25) is 0 Å². The van der Waals surface area contributed by atoms with Gasteiger partial charge in [-0.1, -0.05) is 54.6 Å². The van der Waals surface area contributed by atoms with Crippen molar-refractivity contribution in [3.63, 3.8) is 0 Å². The Balaban J connectivity index is 0.00000180. The van der Waals surface area contributed by atoms with E-state index in [2.05, 4.69) is 76.2 Å². The molecule has 0 amide bonds. The predicted molar refractivity (Wildman–Crippen MR) is 104 cm³/mol. The Labute approximate surface area is 164 Å². The fraction of sp³-hybridized carbons (Fsp3) is 0.227. The number of hydrogen-bond acceptors (Lipinski definition) is 3. The molecule has 0 bridgehead atoms. The molecule has 1 fully saturated rings. The topological polar surface area (TPSA) is 29.8 Å². The molecule has 0 unspecified atom stereocenters. The highest BCUT2D eigenvalue weighted by molar-refractivity contribution is 5.95. The molecule has 1 aliphatic rings. The number of morpholine rings is 1. The van der Waals surface area contributed by atoms with Gasteiger partial charge in [0.25, 0.3) is 0 Å². The first kappa shape index (κ1) is 18.0. The smallest absolute Gasteiger partial charge is 0.145 e. The van der Waals surface area contributed by atoms with E-state index in [1.54, 1.807) is 0 Å². The van der Waals surface area contributed by atoms with Crippen LogP contribution in [0.2, 0.25) is 0 Å². The largest absolute Gasteiger partial charge is 1.00 e. The molecule has 0 N–H and O–H groups in total. The number of benzene rings is 2. The van der Waals surface area contributed by atoms with E-state index < -0.39 is 0 Å². The molecule has 1 saturated heterocycles. The first-order valence-corrected chi connectivity index (χ1v) is 9.14. The lowest BCUT2D eigenvalue weighted by Gasteiger charge is -2.26. The van der Waals surface area contributed by atoms with Gasteiger partial charge in [-0.2, -0.15) is 0 Å². The van der Waals surface area contributed by atoms with Crippen molar-refractivity contribution >= 4 is 16.4 Å². The number of ether oxygens (including phenoxy) is 1. The Kier molecular flexibility index (Phi) is 5.12. The average molecular weight is 379 g/mol. The van der Waals surface area contributed by atoms with Crippen LogP contribution in [-0.4, -0.2) is 40.6 Å². The van der Waals surface area contributed by atoms with E-state index in [1.165, 1.54) is 22.0 Å². The Bertz CT molecular complexity index is 1060. The summed E-state index contributed by atoms with van der Waals surface area (Å²) in [5, 5.41) is 2.42. The summed E-state index contributed by atoms with van der Waals surface area (Å²) in [6.45, 7) is 4.43. The fourth-order valence-corrected chi connectivity index (χ4v) is 3.77. The number of fused-ring (bicyclic) bond motifs is 3. The van der Waals surface area contributed by atoms with E-state index in [1.807, 2.05) is 0 Å². The molecule has 5 heteroatoms. The van der Waals surface area contributed by atoms with Crippen LogP contribution in [0.5, 0.6) is 0 Å². The van der Waals surface area contributed by atoms with Crippen molar-refractivity contribution in [1.29, 1.82) is 0 Å². The second kappa shape index (κ2) is 7.69. The second-order valence-electron chi connectivity index (χ2n) is 6.76. The zero-order valence-electron chi connectivity index (χ0n) is 15.0. The van der Waals surface area contributed by atoms with E-state index in [0.29, 0.717) is 0 Å². The first-order valence-electron chi connectivity index (χ1n) is 9.14. The van der Waals surface area contributed by atoms with Crippen LogP contribution in [0.25, 0.3) is 27.7 Å². The second-order valence-corrected chi connectivity index (χ2v) is 6.76. The van der Waals surface area contributed by atoms with E-state index in [0.717, 1.165) is 44.2 Å². The Morgan fingerprint density at radius 2 is 1.63 bits per heavy atom. The van der Waals surface area contributed by atoms with Crippen molar-refractivity contribution in [2.45, 2.75) is 6.54 Å². The lowest BCUT2D eigenvalue weighted by Crippen LogP contribution is -3.00. The highest BCUT2D eigenvalue weighted by Crippen LogP contribution is 2.29. The van der Waals surface area contributed by atoms with Gasteiger partial charge in [-0.05, 0) is 11.5 Å². The quantitative estimate of drug-likeness (QED) is 0.532. The van der Waals surface area contributed by atoms with E-state index in [-0.39, 0.29) is 12.4 Å². The number of halogens is 1. The van der Waals surface area contributed by atoms with Gasteiger partial charge in [0.15, 0.2) is 0 Å². The molecule has 2 aromatic heterocycles. The Morgan fingerprint density at radius 1 is 0.889 bits per heavy atom. The third kappa shape index (κ3) is 3.32. The lowest BCUT2D eigenvalue weighted by molar-refractivity contribution is -0.00000726. The first-order chi connectivity index (χ1) is 12.9. The third-order valence-electron chi connectivity index (χ3n) is 5.14. The maximum absolute atomic E-state index is 5.51. The van der Waals surface area contributed by atoms with Crippen molar-refractivity contribution in [2.24, 2.45) is 0 Å². The summed E-state index contributed by atoms with van der Waals surface area (Å²) in [6, 6.07) is 21.2. The summed E-state index contributed by atoms with van der Waals surface area (Å²) < 4.78 is 7.78. The molecule has 2 aromatic carbocycles. The minimum absolute atomic E-state index is 0. The van der Waals surface area contributed by atoms with Gasteiger partial charge in [0.1, 0.15) is 5.65 Å². The lowest BCUT2D eigenvalue weighted by atomic mass is 10.1. The van der Waals surface area contributed by atoms with Crippen LogP contribution >= 0.6 is 0 Å². The Morgan fingerprint density at radius 3 is 2.44 bits per heavy atom. The summed E-state index contributed by atoms with van der Waals surface area (Å²) in [4.78, 5) is 7.53. The van der Waals surface area contributed by atoms with Gasteiger partial charge in [-0.25, -0.2) is 4.98 Å². The minimum Gasteiger partial charge on any atom is -1.00 e. The standard InChI is InChI=1S/C22H21N3O.ClH/c1-2-7-18(8-3-1)21-20(16-24-12-14-26-15-13-24)25-11-10-17-6-4-5-9-19(17)22(25)23-21;/h1-11H,12-16H2;1H/p-1.